The molecule has 26 heavy (non-hydrogen) atoms. The molecule has 0 aliphatic carbocycles. The molecule has 1 saturated heterocycles. The fraction of sp³-hybridized carbons (Fsp3) is 0.238. The van der Waals surface area contributed by atoms with Crippen molar-refractivity contribution in [1.82, 2.24) is 10.3 Å². The number of aromatic nitrogens is 1. The molecule has 2 aromatic carbocycles. The first-order valence-electron chi connectivity index (χ1n) is 8.64. The predicted octanol–water partition coefficient (Wildman–Crippen LogP) is 3.38. The number of carbonyl (C=O) groups is 1. The van der Waals surface area contributed by atoms with Crippen molar-refractivity contribution >= 4 is 16.8 Å². The summed E-state index contributed by atoms with van der Waals surface area (Å²) in [7, 11) is 0. The number of nitrogens with zero attached hydrogens (tertiary/aromatic N) is 1. The van der Waals surface area contributed by atoms with Crippen molar-refractivity contribution in [2.24, 2.45) is 0 Å². The maximum absolute atomic E-state index is 12.5. The number of fused-ring (bicyclic) bond motifs is 1. The second-order valence-electron chi connectivity index (χ2n) is 6.44. The fourth-order valence-corrected chi connectivity index (χ4v) is 3.15. The first kappa shape index (κ1) is 16.7. The number of hydrogen-bond acceptors (Lipinski definition) is 4. The molecule has 3 aromatic rings. The van der Waals surface area contributed by atoms with Gasteiger partial charge in [-0.1, -0.05) is 24.3 Å². The van der Waals surface area contributed by atoms with Crippen LogP contribution in [0.1, 0.15) is 28.4 Å². The minimum atomic E-state index is -0.703. The summed E-state index contributed by atoms with van der Waals surface area (Å²) < 4.78 is 11.4. The van der Waals surface area contributed by atoms with Gasteiger partial charge in [-0.25, -0.2) is 0 Å². The molecule has 1 amide bonds. The van der Waals surface area contributed by atoms with Crippen molar-refractivity contribution in [3.05, 3.63) is 77.5 Å². The van der Waals surface area contributed by atoms with Crippen LogP contribution in [0.15, 0.2) is 60.8 Å². The van der Waals surface area contributed by atoms with Gasteiger partial charge in [-0.05, 0) is 42.8 Å². The zero-order chi connectivity index (χ0) is 18.0. The van der Waals surface area contributed by atoms with Crippen LogP contribution < -0.4 is 5.32 Å². The number of carbonyl (C=O) groups excluding carboxylic acids is 1. The quantitative estimate of drug-likeness (QED) is 0.785. The van der Waals surface area contributed by atoms with Crippen molar-refractivity contribution in [1.29, 1.82) is 0 Å². The highest BCUT2D eigenvalue weighted by Gasteiger charge is 2.33. The molecule has 1 aromatic heterocycles. The third-order valence-electron chi connectivity index (χ3n) is 4.61. The molecule has 5 heteroatoms. The molecule has 0 radical (unpaired) electrons. The molecule has 0 saturated carbocycles. The molecular formula is C21H20N2O3. The first-order chi connectivity index (χ1) is 12.6. The third-order valence-corrected chi connectivity index (χ3v) is 4.61. The Hall–Kier alpha value is -2.76. The number of amides is 1. The highest BCUT2D eigenvalue weighted by molar-refractivity contribution is 5.97. The molecule has 0 atom stereocenters. The number of rotatable bonds is 4. The minimum Gasteiger partial charge on any atom is -0.348 e. The largest absolute Gasteiger partial charge is 0.348 e. The molecule has 1 aliphatic heterocycles. The van der Waals surface area contributed by atoms with Crippen LogP contribution in [0.25, 0.3) is 10.9 Å². The molecule has 132 valence electrons. The molecule has 0 spiro atoms. The summed E-state index contributed by atoms with van der Waals surface area (Å²) in [5, 5.41) is 3.92. The van der Waals surface area contributed by atoms with Gasteiger partial charge in [-0.3, -0.25) is 9.78 Å². The smallest absolute Gasteiger partial charge is 0.251 e. The van der Waals surface area contributed by atoms with E-state index in [9.17, 15) is 4.79 Å². The fourth-order valence-electron chi connectivity index (χ4n) is 3.15. The van der Waals surface area contributed by atoms with E-state index in [1.807, 2.05) is 55.5 Å². The van der Waals surface area contributed by atoms with Crippen LogP contribution in [-0.2, 0) is 21.8 Å². The minimum absolute atomic E-state index is 0.110. The SMILES string of the molecule is CC1(c2cccc(CNC(=O)c3ccc4ncccc4c3)c2)OCCO1. The molecule has 2 heterocycles. The van der Waals surface area contributed by atoms with E-state index in [0.29, 0.717) is 25.3 Å². The van der Waals surface area contributed by atoms with E-state index >= 15 is 0 Å². The summed E-state index contributed by atoms with van der Waals surface area (Å²) in [6.07, 6.45) is 1.74. The van der Waals surface area contributed by atoms with E-state index in [4.69, 9.17) is 9.47 Å². The van der Waals surface area contributed by atoms with Gasteiger partial charge >= 0.3 is 0 Å². The van der Waals surface area contributed by atoms with Crippen LogP contribution in [0, 0.1) is 0 Å². The summed E-state index contributed by atoms with van der Waals surface area (Å²) in [6.45, 7) is 3.54. The number of benzene rings is 2. The van der Waals surface area contributed by atoms with E-state index in [2.05, 4.69) is 10.3 Å². The lowest BCUT2D eigenvalue weighted by atomic mass is 10.0. The van der Waals surface area contributed by atoms with Crippen LogP contribution >= 0.6 is 0 Å². The van der Waals surface area contributed by atoms with Gasteiger partial charge in [0.05, 0.1) is 18.7 Å². The standard InChI is InChI=1S/C21H20N2O3/c1-21(25-10-11-26-21)18-6-2-4-15(12-18)14-23-20(24)17-7-8-19-16(13-17)5-3-9-22-19/h2-9,12-13H,10-11,14H2,1H3,(H,23,24). The van der Waals surface area contributed by atoms with Gasteiger partial charge in [0.25, 0.3) is 5.91 Å². The number of ether oxygens (including phenoxy) is 2. The number of hydrogen-bond donors (Lipinski definition) is 1. The Labute approximate surface area is 152 Å². The first-order valence-corrected chi connectivity index (χ1v) is 8.64. The number of pyridine rings is 1. The van der Waals surface area contributed by atoms with Gasteiger partial charge in [0.1, 0.15) is 0 Å². The maximum Gasteiger partial charge on any atom is 0.251 e. The van der Waals surface area contributed by atoms with Crippen molar-refractivity contribution < 1.29 is 14.3 Å². The van der Waals surface area contributed by atoms with Crippen LogP contribution in [0.4, 0.5) is 0 Å². The second kappa shape index (κ2) is 6.86. The van der Waals surface area contributed by atoms with Gasteiger partial charge in [0.15, 0.2) is 5.79 Å². The van der Waals surface area contributed by atoms with Crippen LogP contribution in [-0.4, -0.2) is 24.1 Å². The summed E-state index contributed by atoms with van der Waals surface area (Å²) >= 11 is 0. The molecule has 0 bridgehead atoms. The molecule has 5 nitrogen and oxygen atoms in total. The summed E-state index contributed by atoms with van der Waals surface area (Å²) in [6, 6.07) is 17.2. The average Bonchev–Trinajstić information content (AvgIpc) is 3.14. The van der Waals surface area contributed by atoms with Crippen LogP contribution in [0.3, 0.4) is 0 Å². The molecule has 4 rings (SSSR count). The van der Waals surface area contributed by atoms with E-state index in [-0.39, 0.29) is 5.91 Å². The highest BCUT2D eigenvalue weighted by atomic mass is 16.7. The zero-order valence-corrected chi connectivity index (χ0v) is 14.6. The molecule has 1 aliphatic rings. The Morgan fingerprint density at radius 1 is 1.12 bits per heavy atom. The summed E-state index contributed by atoms with van der Waals surface area (Å²) in [5.74, 6) is -0.813. The topological polar surface area (TPSA) is 60.5 Å². The summed E-state index contributed by atoms with van der Waals surface area (Å²) in [4.78, 5) is 16.8. The zero-order valence-electron chi connectivity index (χ0n) is 14.6. The van der Waals surface area contributed by atoms with E-state index in [0.717, 1.165) is 22.0 Å². The lowest BCUT2D eigenvalue weighted by Gasteiger charge is -2.23. The van der Waals surface area contributed by atoms with E-state index < -0.39 is 5.79 Å². The van der Waals surface area contributed by atoms with Gasteiger partial charge in [0, 0.05) is 29.3 Å². The third kappa shape index (κ3) is 3.31. The monoisotopic (exact) mass is 348 g/mol. The lowest BCUT2D eigenvalue weighted by molar-refractivity contribution is -0.149. The van der Waals surface area contributed by atoms with Crippen LogP contribution in [0.2, 0.25) is 0 Å². The predicted molar refractivity (Wildman–Crippen MR) is 98.6 cm³/mol. The lowest BCUT2D eigenvalue weighted by Crippen LogP contribution is -2.24. The highest BCUT2D eigenvalue weighted by Crippen LogP contribution is 2.31. The van der Waals surface area contributed by atoms with E-state index in [1.54, 1.807) is 12.3 Å². The average molecular weight is 348 g/mol. The maximum atomic E-state index is 12.5. The van der Waals surface area contributed by atoms with Crippen molar-refractivity contribution in [2.45, 2.75) is 19.3 Å². The molecule has 1 N–H and O–H groups in total. The van der Waals surface area contributed by atoms with E-state index in [1.165, 1.54) is 0 Å². The Bertz CT molecular complexity index is 949. The van der Waals surface area contributed by atoms with Crippen molar-refractivity contribution in [2.75, 3.05) is 13.2 Å². The Morgan fingerprint density at radius 3 is 2.81 bits per heavy atom. The summed E-state index contributed by atoms with van der Waals surface area (Å²) in [5.41, 5.74) is 3.45. The molecule has 0 unspecified atom stereocenters. The van der Waals surface area contributed by atoms with Gasteiger partial charge in [-0.2, -0.15) is 0 Å². The van der Waals surface area contributed by atoms with Gasteiger partial charge in [-0.15, -0.1) is 0 Å². The van der Waals surface area contributed by atoms with Crippen molar-refractivity contribution in [3.63, 3.8) is 0 Å². The Balaban J connectivity index is 1.47. The number of nitrogens with one attached hydrogen (secondary N) is 1. The molecule has 1 fully saturated rings. The van der Waals surface area contributed by atoms with Crippen molar-refractivity contribution in [3.8, 4) is 0 Å². The molecular weight excluding hydrogens is 328 g/mol. The van der Waals surface area contributed by atoms with Crippen LogP contribution in [0.5, 0.6) is 0 Å². The Kier molecular flexibility index (Phi) is 4.41. The van der Waals surface area contributed by atoms with Gasteiger partial charge < -0.3 is 14.8 Å². The normalized spacial score (nSPS) is 15.9. The Morgan fingerprint density at radius 2 is 1.96 bits per heavy atom. The van der Waals surface area contributed by atoms with Gasteiger partial charge in [0.2, 0.25) is 0 Å². The second-order valence-corrected chi connectivity index (χ2v) is 6.44.